The molecule has 1 aliphatic carbocycles. The van der Waals surface area contributed by atoms with Crippen LogP contribution in [-0.2, 0) is 0 Å². The summed E-state index contributed by atoms with van der Waals surface area (Å²) in [5, 5.41) is 0. The summed E-state index contributed by atoms with van der Waals surface area (Å²) in [7, 11) is 0. The van der Waals surface area contributed by atoms with Crippen LogP contribution in [0.5, 0.6) is 0 Å². The van der Waals surface area contributed by atoms with Crippen LogP contribution in [0.4, 0.5) is 0 Å². The van der Waals surface area contributed by atoms with Crippen molar-refractivity contribution in [1.29, 1.82) is 0 Å². The zero-order valence-electron chi connectivity index (χ0n) is 16.6. The number of allylic oxidation sites excluding steroid dienone is 4. The van der Waals surface area contributed by atoms with Gasteiger partial charge in [-0.1, -0.05) is 96.0 Å². The smallest absolute Gasteiger partial charge is 0.0113 e. The highest BCUT2D eigenvalue weighted by Crippen LogP contribution is 2.55. The van der Waals surface area contributed by atoms with Crippen molar-refractivity contribution >= 4 is 5.57 Å². The van der Waals surface area contributed by atoms with Crippen LogP contribution < -0.4 is 0 Å². The van der Waals surface area contributed by atoms with Crippen molar-refractivity contribution in [1.82, 2.24) is 0 Å². The third kappa shape index (κ3) is 3.97. The van der Waals surface area contributed by atoms with Gasteiger partial charge in [-0.25, -0.2) is 0 Å². The molecule has 0 aliphatic heterocycles. The van der Waals surface area contributed by atoms with Gasteiger partial charge in [0.15, 0.2) is 0 Å². The first-order chi connectivity index (χ1) is 10.8. The van der Waals surface area contributed by atoms with Gasteiger partial charge in [-0.3, -0.25) is 0 Å². The molecule has 0 saturated carbocycles. The van der Waals surface area contributed by atoms with Gasteiger partial charge in [0.25, 0.3) is 0 Å². The molecular formula is C23H36. The van der Waals surface area contributed by atoms with E-state index in [-0.39, 0.29) is 5.41 Å². The molecule has 128 valence electrons. The second kappa shape index (κ2) is 7.99. The largest absolute Gasteiger partial charge is 0.0842 e. The monoisotopic (exact) mass is 312 g/mol. The van der Waals surface area contributed by atoms with Gasteiger partial charge in [-0.05, 0) is 42.7 Å². The number of benzene rings is 1. The first-order valence-corrected chi connectivity index (χ1v) is 9.34. The summed E-state index contributed by atoms with van der Waals surface area (Å²) in [6.07, 6.45) is 8.45. The van der Waals surface area contributed by atoms with E-state index in [2.05, 4.69) is 78.0 Å². The summed E-state index contributed by atoms with van der Waals surface area (Å²) in [5.41, 5.74) is 6.26. The van der Waals surface area contributed by atoms with Crippen LogP contribution >= 0.6 is 0 Å². The molecule has 0 N–H and O–H groups in total. The Morgan fingerprint density at radius 1 is 1.00 bits per heavy atom. The summed E-state index contributed by atoms with van der Waals surface area (Å²) in [4.78, 5) is 0. The van der Waals surface area contributed by atoms with E-state index in [1.807, 2.05) is 13.8 Å². The van der Waals surface area contributed by atoms with Gasteiger partial charge >= 0.3 is 0 Å². The fourth-order valence-electron chi connectivity index (χ4n) is 3.84. The van der Waals surface area contributed by atoms with Crippen molar-refractivity contribution in [3.63, 3.8) is 0 Å². The van der Waals surface area contributed by atoms with Gasteiger partial charge in [0.1, 0.15) is 0 Å². The predicted octanol–water partition coefficient (Wildman–Crippen LogP) is 7.59. The topological polar surface area (TPSA) is 0 Å². The van der Waals surface area contributed by atoms with Crippen molar-refractivity contribution in [2.24, 2.45) is 10.8 Å². The third-order valence-electron chi connectivity index (χ3n) is 5.30. The molecule has 1 unspecified atom stereocenters. The van der Waals surface area contributed by atoms with E-state index < -0.39 is 0 Å². The lowest BCUT2D eigenvalue weighted by molar-refractivity contribution is 0.310. The van der Waals surface area contributed by atoms with Crippen LogP contribution in [0.3, 0.4) is 0 Å². The van der Waals surface area contributed by atoms with Gasteiger partial charge in [0.2, 0.25) is 0 Å². The average molecular weight is 313 g/mol. The molecule has 0 nitrogen and oxygen atoms in total. The number of rotatable bonds is 3. The minimum atomic E-state index is 0.119. The molecule has 23 heavy (non-hydrogen) atoms. The molecule has 0 heteroatoms. The first-order valence-electron chi connectivity index (χ1n) is 9.34. The molecule has 1 aromatic carbocycles. The molecule has 0 fully saturated rings. The van der Waals surface area contributed by atoms with E-state index in [4.69, 9.17) is 0 Å². The Morgan fingerprint density at radius 3 is 2.04 bits per heavy atom. The normalized spacial score (nSPS) is 24.7. The van der Waals surface area contributed by atoms with Crippen LogP contribution in [0.1, 0.15) is 78.9 Å². The Bertz CT molecular complexity index is 554. The maximum atomic E-state index is 2.49. The SMILES string of the molecule is CC.CC/C=C1\C(C)(CC)CC=C(c2ccc(C)cc2)C1(C)C. The maximum Gasteiger partial charge on any atom is 0.0113 e. The lowest BCUT2D eigenvalue weighted by Crippen LogP contribution is -2.33. The van der Waals surface area contributed by atoms with Gasteiger partial charge in [0.05, 0.1) is 0 Å². The average Bonchev–Trinajstić information content (AvgIpc) is 2.54. The minimum absolute atomic E-state index is 0.119. The molecule has 1 aliphatic rings. The van der Waals surface area contributed by atoms with E-state index in [1.54, 1.807) is 5.57 Å². The highest BCUT2D eigenvalue weighted by atomic mass is 14.5. The summed E-state index contributed by atoms with van der Waals surface area (Å²) in [6.45, 7) is 18.0. The van der Waals surface area contributed by atoms with Gasteiger partial charge in [-0.15, -0.1) is 0 Å². The molecule has 0 bridgehead atoms. The van der Waals surface area contributed by atoms with E-state index >= 15 is 0 Å². The minimum Gasteiger partial charge on any atom is -0.0842 e. The Morgan fingerprint density at radius 2 is 1.57 bits per heavy atom. The first kappa shape index (κ1) is 19.7. The molecule has 0 radical (unpaired) electrons. The molecule has 1 aromatic rings. The maximum absolute atomic E-state index is 2.49. The van der Waals surface area contributed by atoms with Crippen molar-refractivity contribution in [3.05, 3.63) is 53.1 Å². The summed E-state index contributed by atoms with van der Waals surface area (Å²) >= 11 is 0. The van der Waals surface area contributed by atoms with Gasteiger partial charge < -0.3 is 0 Å². The zero-order chi connectivity index (χ0) is 17.7. The Kier molecular flexibility index (Phi) is 6.86. The fourth-order valence-corrected chi connectivity index (χ4v) is 3.84. The third-order valence-corrected chi connectivity index (χ3v) is 5.30. The predicted molar refractivity (Wildman–Crippen MR) is 106 cm³/mol. The molecule has 0 heterocycles. The highest BCUT2D eigenvalue weighted by molar-refractivity contribution is 5.75. The number of hydrogen-bond acceptors (Lipinski definition) is 0. The second-order valence-electron chi connectivity index (χ2n) is 7.25. The highest BCUT2D eigenvalue weighted by Gasteiger charge is 2.41. The Hall–Kier alpha value is -1.30. The van der Waals surface area contributed by atoms with E-state index in [0.29, 0.717) is 5.41 Å². The molecule has 0 spiro atoms. The van der Waals surface area contributed by atoms with E-state index in [9.17, 15) is 0 Å². The van der Waals surface area contributed by atoms with Crippen molar-refractivity contribution < 1.29 is 0 Å². The zero-order valence-corrected chi connectivity index (χ0v) is 16.6. The lowest BCUT2D eigenvalue weighted by Gasteiger charge is -2.46. The standard InChI is InChI=1S/C21H30.C2H6/c1-7-9-19-20(4,5)18(14-15-21(19,6)8-2)17-12-10-16(3)11-13-17;1-2/h9-14H,7-8,15H2,1-6H3;1-2H3/b19-9-;. The molecular weight excluding hydrogens is 276 g/mol. The molecule has 2 rings (SSSR count). The van der Waals surface area contributed by atoms with E-state index in [0.717, 1.165) is 12.8 Å². The van der Waals surface area contributed by atoms with Crippen LogP contribution in [0.2, 0.25) is 0 Å². The second-order valence-corrected chi connectivity index (χ2v) is 7.25. The quantitative estimate of drug-likeness (QED) is 0.504. The van der Waals surface area contributed by atoms with Crippen molar-refractivity contribution in [2.75, 3.05) is 0 Å². The fraction of sp³-hybridized carbons (Fsp3) is 0.565. The summed E-state index contributed by atoms with van der Waals surface area (Å²) < 4.78 is 0. The van der Waals surface area contributed by atoms with Crippen LogP contribution in [0.25, 0.3) is 5.57 Å². The van der Waals surface area contributed by atoms with Crippen molar-refractivity contribution in [3.8, 4) is 0 Å². The number of hydrogen-bond donors (Lipinski definition) is 0. The summed E-state index contributed by atoms with van der Waals surface area (Å²) in [5.74, 6) is 0. The molecule has 0 aromatic heterocycles. The van der Waals surface area contributed by atoms with Crippen LogP contribution in [-0.4, -0.2) is 0 Å². The summed E-state index contributed by atoms with van der Waals surface area (Å²) in [6, 6.07) is 9.01. The Balaban J connectivity index is 0.00000127. The Labute approximate surface area is 144 Å². The van der Waals surface area contributed by atoms with Crippen molar-refractivity contribution in [2.45, 2.75) is 74.7 Å². The van der Waals surface area contributed by atoms with Gasteiger partial charge in [-0.2, -0.15) is 0 Å². The number of aryl methyl sites for hydroxylation is 1. The molecule has 0 saturated heterocycles. The lowest BCUT2D eigenvalue weighted by atomic mass is 9.58. The van der Waals surface area contributed by atoms with Crippen LogP contribution in [0, 0.1) is 17.8 Å². The molecule has 1 atom stereocenters. The molecule has 0 amide bonds. The van der Waals surface area contributed by atoms with Gasteiger partial charge in [0, 0.05) is 5.41 Å². The van der Waals surface area contributed by atoms with Crippen LogP contribution in [0.15, 0.2) is 42.0 Å². The van der Waals surface area contributed by atoms with E-state index in [1.165, 1.54) is 23.1 Å².